The van der Waals surface area contributed by atoms with E-state index in [0.29, 0.717) is 0 Å². The van der Waals surface area contributed by atoms with Gasteiger partial charge in [0.05, 0.1) is 0 Å². The molecule has 0 atom stereocenters. The summed E-state index contributed by atoms with van der Waals surface area (Å²) in [4.78, 5) is 31.1. The predicted octanol–water partition coefficient (Wildman–Crippen LogP) is 0.455. The van der Waals surface area contributed by atoms with Gasteiger partial charge in [0.25, 0.3) is 0 Å². The van der Waals surface area contributed by atoms with E-state index in [2.05, 4.69) is 20.6 Å². The van der Waals surface area contributed by atoms with Crippen LogP contribution >= 0.6 is 0 Å². The molecule has 0 amide bonds. The smallest absolute Gasteiger partial charge is 0.349 e. The molecule has 0 rings (SSSR count). The zero-order valence-electron chi connectivity index (χ0n) is 9.94. The Morgan fingerprint density at radius 2 is 1.19 bits per heavy atom. The van der Waals surface area contributed by atoms with Crippen LogP contribution in [-0.4, -0.2) is 24.0 Å². The highest BCUT2D eigenvalue weighted by molar-refractivity contribution is 5.91. The Kier molecular flexibility index (Phi) is 7.15. The van der Waals surface area contributed by atoms with Crippen molar-refractivity contribution in [1.29, 1.82) is 0 Å². The number of rotatable bonds is 6. The van der Waals surface area contributed by atoms with Crippen LogP contribution in [-0.2, 0) is 19.3 Å². The lowest BCUT2D eigenvalue weighted by Crippen LogP contribution is -2.27. The molecule has 0 fully saturated rings. The Bertz CT molecular complexity index is 236. The third-order valence-electron chi connectivity index (χ3n) is 1.15. The van der Waals surface area contributed by atoms with E-state index in [1.54, 1.807) is 0 Å². The summed E-state index contributed by atoms with van der Waals surface area (Å²) in [7, 11) is 0. The third kappa shape index (κ3) is 9.17. The quantitative estimate of drug-likeness (QED) is 0.510. The molecule has 0 aliphatic rings. The Balaban J connectivity index is 3.80. The maximum atomic E-state index is 11.0. The van der Waals surface area contributed by atoms with Crippen molar-refractivity contribution in [2.24, 2.45) is 0 Å². The first-order chi connectivity index (χ1) is 7.41. The van der Waals surface area contributed by atoms with E-state index < -0.39 is 11.9 Å². The Morgan fingerprint density at radius 3 is 1.44 bits per heavy atom. The number of hydroxylamine groups is 2. The maximum absolute atomic E-state index is 11.0. The van der Waals surface area contributed by atoms with Gasteiger partial charge in [-0.25, -0.2) is 9.59 Å². The van der Waals surface area contributed by atoms with Crippen LogP contribution in [0.1, 0.15) is 27.7 Å². The fraction of sp³-hybridized carbons (Fsp3) is 0.600. The molecule has 0 saturated carbocycles. The third-order valence-corrected chi connectivity index (χ3v) is 1.15. The minimum absolute atomic E-state index is 0.0203. The Morgan fingerprint density at radius 1 is 0.875 bits per heavy atom. The van der Waals surface area contributed by atoms with Crippen molar-refractivity contribution in [2.45, 2.75) is 39.8 Å². The normalized spacial score (nSPS) is 11.1. The van der Waals surface area contributed by atoms with Crippen molar-refractivity contribution in [3.8, 4) is 0 Å². The first-order valence-corrected chi connectivity index (χ1v) is 5.02. The average molecular weight is 230 g/mol. The lowest BCUT2D eigenvalue weighted by Gasteiger charge is -2.06. The van der Waals surface area contributed by atoms with E-state index in [4.69, 9.17) is 0 Å². The molecular formula is C10H18N2O4. The highest BCUT2D eigenvalue weighted by Gasteiger charge is 2.02. The van der Waals surface area contributed by atoms with Crippen LogP contribution in [0, 0.1) is 0 Å². The molecule has 0 aromatic rings. The number of hydrogen-bond acceptors (Lipinski definition) is 6. The Labute approximate surface area is 94.9 Å². The van der Waals surface area contributed by atoms with Gasteiger partial charge < -0.3 is 9.68 Å². The number of carbonyl (C=O) groups is 2. The zero-order chi connectivity index (χ0) is 12.6. The van der Waals surface area contributed by atoms with E-state index in [-0.39, 0.29) is 12.1 Å². The van der Waals surface area contributed by atoms with Gasteiger partial charge >= 0.3 is 11.9 Å². The summed E-state index contributed by atoms with van der Waals surface area (Å²) in [5.41, 5.74) is 4.90. The first kappa shape index (κ1) is 14.6. The minimum Gasteiger partial charge on any atom is -0.367 e. The molecule has 0 heterocycles. The van der Waals surface area contributed by atoms with Crippen LogP contribution in [0.2, 0.25) is 0 Å². The molecule has 0 spiro atoms. The molecule has 0 saturated heterocycles. The predicted molar refractivity (Wildman–Crippen MR) is 57.9 cm³/mol. The molecule has 0 aromatic heterocycles. The fourth-order valence-electron chi connectivity index (χ4n) is 0.556. The molecule has 0 aliphatic carbocycles. The van der Waals surface area contributed by atoms with E-state index in [0.717, 1.165) is 12.2 Å². The molecule has 92 valence electrons. The highest BCUT2D eigenvalue weighted by Crippen LogP contribution is 1.85. The van der Waals surface area contributed by atoms with Crippen LogP contribution in [0.3, 0.4) is 0 Å². The topological polar surface area (TPSA) is 76.7 Å². The molecule has 0 radical (unpaired) electrons. The van der Waals surface area contributed by atoms with Crippen LogP contribution < -0.4 is 11.0 Å². The molecular weight excluding hydrogens is 212 g/mol. The SMILES string of the molecule is CC(C)NOC(=O)/C=C/C(=O)ONC(C)C. The summed E-state index contributed by atoms with van der Waals surface area (Å²) in [6.07, 6.45) is 1.97. The van der Waals surface area contributed by atoms with Gasteiger partial charge in [0.2, 0.25) is 0 Å². The van der Waals surface area contributed by atoms with E-state index in [9.17, 15) is 9.59 Å². The van der Waals surface area contributed by atoms with Gasteiger partial charge in [0, 0.05) is 24.2 Å². The van der Waals surface area contributed by atoms with Gasteiger partial charge in [0.1, 0.15) is 0 Å². The lowest BCUT2D eigenvalue weighted by atomic mass is 10.4. The van der Waals surface area contributed by atoms with Crippen molar-refractivity contribution in [1.82, 2.24) is 11.0 Å². The molecule has 0 aromatic carbocycles. The van der Waals surface area contributed by atoms with Crippen molar-refractivity contribution < 1.29 is 19.3 Å². The fourth-order valence-corrected chi connectivity index (χ4v) is 0.556. The highest BCUT2D eigenvalue weighted by atomic mass is 16.7. The van der Waals surface area contributed by atoms with Gasteiger partial charge in [-0.15, -0.1) is 0 Å². The van der Waals surface area contributed by atoms with Crippen molar-refractivity contribution >= 4 is 11.9 Å². The van der Waals surface area contributed by atoms with Gasteiger partial charge in [-0.05, 0) is 27.7 Å². The summed E-state index contributed by atoms with van der Waals surface area (Å²) in [6, 6.07) is 0.0406. The zero-order valence-corrected chi connectivity index (χ0v) is 9.94. The second-order valence-electron chi connectivity index (χ2n) is 3.72. The number of carbonyl (C=O) groups excluding carboxylic acids is 2. The summed E-state index contributed by atoms with van der Waals surface area (Å²) >= 11 is 0. The van der Waals surface area contributed by atoms with Gasteiger partial charge in [-0.3, -0.25) is 0 Å². The monoisotopic (exact) mass is 230 g/mol. The second kappa shape index (κ2) is 7.84. The molecule has 0 bridgehead atoms. The number of hydrogen-bond donors (Lipinski definition) is 2. The number of nitrogens with one attached hydrogen (secondary N) is 2. The van der Waals surface area contributed by atoms with Crippen LogP contribution in [0.15, 0.2) is 12.2 Å². The lowest BCUT2D eigenvalue weighted by molar-refractivity contribution is -0.149. The summed E-state index contributed by atoms with van der Waals surface area (Å²) < 4.78 is 0. The Hall–Kier alpha value is -1.40. The van der Waals surface area contributed by atoms with Crippen molar-refractivity contribution in [2.75, 3.05) is 0 Å². The average Bonchev–Trinajstić information content (AvgIpc) is 2.20. The van der Waals surface area contributed by atoms with E-state index in [1.807, 2.05) is 27.7 Å². The van der Waals surface area contributed by atoms with Crippen molar-refractivity contribution in [3.63, 3.8) is 0 Å². The molecule has 16 heavy (non-hydrogen) atoms. The standard InChI is InChI=1S/C10H18N2O4/c1-7(2)11-15-9(13)5-6-10(14)16-12-8(3)4/h5-8,11-12H,1-4H3/b6-5+. The molecule has 6 nitrogen and oxygen atoms in total. The van der Waals surface area contributed by atoms with Gasteiger partial charge in [-0.1, -0.05) is 0 Å². The van der Waals surface area contributed by atoms with Crippen LogP contribution in [0.4, 0.5) is 0 Å². The second-order valence-corrected chi connectivity index (χ2v) is 3.72. The first-order valence-electron chi connectivity index (χ1n) is 5.02. The van der Waals surface area contributed by atoms with Crippen LogP contribution in [0.25, 0.3) is 0 Å². The van der Waals surface area contributed by atoms with Crippen molar-refractivity contribution in [3.05, 3.63) is 12.2 Å². The largest absolute Gasteiger partial charge is 0.367 e. The minimum atomic E-state index is -0.657. The summed E-state index contributed by atoms with van der Waals surface area (Å²) in [5.74, 6) is -1.31. The molecule has 2 N–H and O–H groups in total. The summed E-state index contributed by atoms with van der Waals surface area (Å²) in [6.45, 7) is 7.27. The summed E-state index contributed by atoms with van der Waals surface area (Å²) in [5, 5.41) is 0. The molecule has 0 unspecified atom stereocenters. The molecule has 6 heteroatoms. The van der Waals surface area contributed by atoms with E-state index in [1.165, 1.54) is 0 Å². The molecule has 0 aliphatic heterocycles. The van der Waals surface area contributed by atoms with Gasteiger partial charge in [-0.2, -0.15) is 11.0 Å². The van der Waals surface area contributed by atoms with Crippen LogP contribution in [0.5, 0.6) is 0 Å². The maximum Gasteiger partial charge on any atom is 0.349 e. The van der Waals surface area contributed by atoms with E-state index >= 15 is 0 Å². The van der Waals surface area contributed by atoms with Gasteiger partial charge in [0.15, 0.2) is 0 Å².